The van der Waals surface area contributed by atoms with E-state index in [9.17, 15) is 0 Å². The van der Waals surface area contributed by atoms with Crippen LogP contribution in [0.3, 0.4) is 0 Å². The van der Waals surface area contributed by atoms with Crippen molar-refractivity contribution < 1.29 is 68.2 Å². The molecule has 0 atom stereocenters. The summed E-state index contributed by atoms with van der Waals surface area (Å²) < 4.78 is 0. The molecule has 0 saturated heterocycles. The molecule has 0 spiro atoms. The fourth-order valence-corrected chi connectivity index (χ4v) is 26.5. The third-order valence-corrected chi connectivity index (χ3v) is 30.4. The van der Waals surface area contributed by atoms with Crippen molar-refractivity contribution in [2.75, 3.05) is 24.6 Å². The standard InChI is InChI=1S/2C21H28P.2C15H20P.2ClH.2Ti/c2*1-3-11-19(12-4-1)22(20-13-5-2-6-14-20)21-15-17-9-7-8-10-18(17)16-21;2*1-3-9-16(10-4-2)15-11-13-7-5-6-8-14(13)12-15;;;;/h2*7-10,15-16,19-20H,1-6,11-14H2;2*5-8,11-12H,3-4,9-10H2,1-2H3;2*1H;;/q4*-1;;;2*+2/p-2. The maximum atomic E-state index is 2.55. The molecule has 8 aromatic carbocycles. The molecule has 428 valence electrons. The minimum Gasteiger partial charge on any atom is -1.00 e. The van der Waals surface area contributed by atoms with Crippen molar-refractivity contribution in [3.63, 3.8) is 0 Å². The van der Waals surface area contributed by atoms with E-state index in [0.717, 1.165) is 22.6 Å². The van der Waals surface area contributed by atoms with E-state index in [1.54, 1.807) is 21.2 Å². The van der Waals surface area contributed by atoms with Gasteiger partial charge in [0.15, 0.2) is 0 Å². The third kappa shape index (κ3) is 19.5. The van der Waals surface area contributed by atoms with Crippen molar-refractivity contribution in [1.82, 2.24) is 0 Å². The Hall–Kier alpha value is -0.951. The maximum Gasteiger partial charge on any atom is 2.00 e. The van der Waals surface area contributed by atoms with Crippen LogP contribution < -0.4 is 46.0 Å². The summed E-state index contributed by atoms with van der Waals surface area (Å²) in [6.45, 7) is 9.20. The molecule has 0 N–H and O–H groups in total. The number of rotatable bonds is 16. The molecular weight excluding hydrogens is 1160 g/mol. The molecule has 0 unspecified atom stereocenters. The van der Waals surface area contributed by atoms with Crippen molar-refractivity contribution in [3.05, 3.63) is 146 Å². The normalized spacial score (nSPS) is 16.5. The van der Waals surface area contributed by atoms with Crippen molar-refractivity contribution in [2.24, 2.45) is 0 Å². The first kappa shape index (κ1) is 69.8. The van der Waals surface area contributed by atoms with E-state index >= 15 is 0 Å². The zero-order chi connectivity index (χ0) is 52.3. The quantitative estimate of drug-likeness (QED) is 0.0514. The molecule has 0 radical (unpaired) electrons. The van der Waals surface area contributed by atoms with Crippen molar-refractivity contribution in [3.8, 4) is 0 Å². The zero-order valence-electron chi connectivity index (χ0n) is 49.5. The van der Waals surface area contributed by atoms with Gasteiger partial charge in [0.25, 0.3) is 0 Å². The van der Waals surface area contributed by atoms with Crippen LogP contribution in [0.4, 0.5) is 0 Å². The molecule has 4 saturated carbocycles. The van der Waals surface area contributed by atoms with Crippen LogP contribution in [0, 0.1) is 0 Å². The van der Waals surface area contributed by atoms with Gasteiger partial charge in [0.2, 0.25) is 0 Å². The van der Waals surface area contributed by atoms with Gasteiger partial charge in [-0.1, -0.05) is 186 Å². The first-order valence-corrected chi connectivity index (χ1v) is 37.6. The van der Waals surface area contributed by atoms with Gasteiger partial charge in [-0.25, -0.2) is 0 Å². The van der Waals surface area contributed by atoms with Gasteiger partial charge in [0.05, 0.1) is 0 Å². The van der Waals surface area contributed by atoms with Crippen molar-refractivity contribution in [1.29, 1.82) is 0 Å². The van der Waals surface area contributed by atoms with Gasteiger partial charge in [-0.05, 0) is 98.7 Å². The second-order valence-corrected chi connectivity index (χ2v) is 33.9. The summed E-state index contributed by atoms with van der Waals surface area (Å²) in [7, 11) is 0.317. The van der Waals surface area contributed by atoms with Crippen LogP contribution in [0.1, 0.15) is 182 Å². The average Bonchev–Trinajstić information content (AvgIpc) is 4.30. The van der Waals surface area contributed by atoms with Crippen LogP contribution in [0.25, 0.3) is 43.1 Å². The Kier molecular flexibility index (Phi) is 32.8. The third-order valence-electron chi connectivity index (χ3n) is 17.6. The Bertz CT molecular complexity index is 2510. The van der Waals surface area contributed by atoms with Gasteiger partial charge in [-0.3, -0.25) is 0 Å². The van der Waals surface area contributed by atoms with Crippen molar-refractivity contribution in [2.45, 2.75) is 204 Å². The van der Waals surface area contributed by atoms with Gasteiger partial charge in [0.1, 0.15) is 0 Å². The number of hydrogen-bond acceptors (Lipinski definition) is 0. The van der Waals surface area contributed by atoms with Crippen LogP contribution in [-0.2, 0) is 43.4 Å². The molecule has 0 amide bonds. The summed E-state index contributed by atoms with van der Waals surface area (Å²) in [5.41, 5.74) is 4.07. The molecule has 4 aliphatic carbocycles. The van der Waals surface area contributed by atoms with Crippen LogP contribution in [-0.4, -0.2) is 47.3 Å². The van der Waals surface area contributed by atoms with E-state index in [2.05, 4.69) is 173 Å². The molecule has 0 aliphatic heterocycles. The smallest absolute Gasteiger partial charge is 1.00 e. The molecule has 12 rings (SSSR count). The van der Waals surface area contributed by atoms with Crippen LogP contribution in [0.15, 0.2) is 146 Å². The molecule has 0 bridgehead atoms. The number of halogens is 2. The SMILES string of the molecule is CCCP(CCC)c1cc2ccccc2[cH-]1.CCCP(CCC)c1cc2ccccc2[cH-]1.[Cl-].[Cl-].[Ti+2].[Ti+2].c1ccc2[cH-]c(P(C3CCCCC3)C3CCCCC3)cc2c1.c1ccc2[cH-]c(P(C3CCCCC3)C3CCCCC3)cc2c1. The van der Waals surface area contributed by atoms with E-state index in [4.69, 9.17) is 0 Å². The Morgan fingerprint density at radius 1 is 0.312 bits per heavy atom. The topological polar surface area (TPSA) is 0 Å². The largest absolute Gasteiger partial charge is 2.00 e. The number of fused-ring (bicyclic) bond motifs is 4. The Labute approximate surface area is 534 Å². The number of benzene rings is 4. The summed E-state index contributed by atoms with van der Waals surface area (Å²) >= 11 is 0. The Morgan fingerprint density at radius 2 is 0.525 bits per heavy atom. The molecule has 4 aliphatic rings. The summed E-state index contributed by atoms with van der Waals surface area (Å²) in [5.74, 6) is 0. The Morgan fingerprint density at radius 3 is 0.750 bits per heavy atom. The van der Waals surface area contributed by atoms with E-state index in [0.29, 0.717) is 0 Å². The number of hydrogen-bond donors (Lipinski definition) is 0. The van der Waals surface area contributed by atoms with Crippen LogP contribution >= 0.6 is 31.7 Å². The van der Waals surface area contributed by atoms with E-state index in [1.807, 2.05) is 0 Å². The van der Waals surface area contributed by atoms with Gasteiger partial charge in [-0.15, -0.1) is 161 Å². The van der Waals surface area contributed by atoms with Gasteiger partial charge < -0.3 is 24.8 Å². The summed E-state index contributed by atoms with van der Waals surface area (Å²) in [6, 6.07) is 55.2. The van der Waals surface area contributed by atoms with Gasteiger partial charge in [-0.2, -0.15) is 24.3 Å². The van der Waals surface area contributed by atoms with Gasteiger partial charge >= 0.3 is 43.4 Å². The van der Waals surface area contributed by atoms with Gasteiger partial charge in [0, 0.05) is 0 Å². The zero-order valence-corrected chi connectivity index (χ0v) is 57.7. The van der Waals surface area contributed by atoms with E-state index in [-0.39, 0.29) is 99.9 Å². The van der Waals surface area contributed by atoms with E-state index in [1.165, 1.54) is 222 Å². The molecule has 8 heteroatoms. The molecule has 0 aromatic heterocycles. The Balaban J connectivity index is 0.000000195. The van der Waals surface area contributed by atoms with Crippen molar-refractivity contribution >= 4 is 96.0 Å². The second-order valence-electron chi connectivity index (χ2n) is 23.3. The second kappa shape index (κ2) is 37.6. The van der Waals surface area contributed by atoms with Crippen LogP contribution in [0.2, 0.25) is 0 Å². The van der Waals surface area contributed by atoms with E-state index < -0.39 is 0 Å². The molecule has 80 heavy (non-hydrogen) atoms. The molecular formula is C72H96Cl2P4Ti2-2. The maximum absolute atomic E-state index is 2.55. The van der Waals surface area contributed by atoms with Crippen LogP contribution in [0.5, 0.6) is 0 Å². The molecule has 8 aromatic rings. The summed E-state index contributed by atoms with van der Waals surface area (Å²) in [4.78, 5) is 0. The first-order chi connectivity index (χ1) is 37.5. The fourth-order valence-electron chi connectivity index (χ4n) is 13.9. The monoisotopic (exact) mass is 1250 g/mol. The summed E-state index contributed by atoms with van der Waals surface area (Å²) in [5, 5.41) is 18.2. The average molecular weight is 1250 g/mol. The predicted octanol–water partition coefficient (Wildman–Crippen LogP) is 15.6. The minimum atomic E-state index is 0. The molecule has 0 nitrogen and oxygen atoms in total. The fraction of sp³-hybridized carbons (Fsp3) is 0.500. The minimum absolute atomic E-state index is 0. The first-order valence-electron chi connectivity index (χ1n) is 31.2. The predicted molar refractivity (Wildman–Crippen MR) is 353 cm³/mol. The molecule has 0 heterocycles. The molecule has 4 fully saturated rings. The summed E-state index contributed by atoms with van der Waals surface area (Å²) in [6.07, 6.45) is 40.6.